The van der Waals surface area contributed by atoms with Crippen LogP contribution in [0.1, 0.15) is 54.6 Å². The number of nitrogens with one attached hydrogen (secondary N) is 1. The van der Waals surface area contributed by atoms with E-state index in [0.29, 0.717) is 30.2 Å². The Kier molecular flexibility index (Phi) is 5.97. The molecule has 2 aliphatic heterocycles. The third kappa shape index (κ3) is 3.95. The molecule has 1 amide bonds. The average molecular weight is 452 g/mol. The summed E-state index contributed by atoms with van der Waals surface area (Å²) < 4.78 is 7.50. The number of hydrogen-bond donors (Lipinski definition) is 1. The van der Waals surface area contributed by atoms with Gasteiger partial charge in [-0.05, 0) is 63.9 Å². The van der Waals surface area contributed by atoms with Gasteiger partial charge in [0.05, 0.1) is 28.7 Å². The summed E-state index contributed by atoms with van der Waals surface area (Å²) in [6.07, 6.45) is 5.49. The van der Waals surface area contributed by atoms with Crippen molar-refractivity contribution in [3.63, 3.8) is 0 Å². The minimum atomic E-state index is -0.143. The number of nitrogens with zero attached hydrogens (tertiary/aromatic N) is 4. The third-order valence-corrected chi connectivity index (χ3v) is 7.33. The Morgan fingerprint density at radius 3 is 2.79 bits per heavy atom. The van der Waals surface area contributed by atoms with Gasteiger partial charge in [-0.25, -0.2) is 0 Å². The topological polar surface area (TPSA) is 83.5 Å². The zero-order valence-electron chi connectivity index (χ0n) is 19.8. The third-order valence-electron chi connectivity index (χ3n) is 7.33. The lowest BCUT2D eigenvalue weighted by molar-refractivity contribution is 0.0675. The minimum absolute atomic E-state index is 0.0679. The van der Waals surface area contributed by atoms with E-state index in [9.17, 15) is 9.59 Å². The van der Waals surface area contributed by atoms with Crippen molar-refractivity contribution < 1.29 is 9.53 Å². The van der Waals surface area contributed by atoms with E-state index in [4.69, 9.17) is 4.74 Å². The van der Waals surface area contributed by atoms with E-state index in [1.807, 2.05) is 28.6 Å². The summed E-state index contributed by atoms with van der Waals surface area (Å²) >= 11 is 0. The molecule has 1 N–H and O–H groups in total. The van der Waals surface area contributed by atoms with Gasteiger partial charge in [0.2, 0.25) is 0 Å². The SMILES string of the molecule is CCCN(C)[C@@H]1CCN(C(=O)c2cc3c(cc2C)[nH]c(=O)c2cnn(C4CCOCC4)c23)C1. The molecule has 176 valence electrons. The van der Waals surface area contributed by atoms with Gasteiger partial charge in [0, 0.05) is 43.3 Å². The summed E-state index contributed by atoms with van der Waals surface area (Å²) in [5.74, 6) is 0.0679. The van der Waals surface area contributed by atoms with E-state index in [1.165, 1.54) is 0 Å². The number of likely N-dealkylation sites (tertiary alicyclic amines) is 1. The van der Waals surface area contributed by atoms with Gasteiger partial charge in [-0.15, -0.1) is 0 Å². The lowest BCUT2D eigenvalue weighted by atomic mass is 10.0. The molecule has 0 bridgehead atoms. The van der Waals surface area contributed by atoms with Crippen LogP contribution in [-0.4, -0.2) is 76.4 Å². The van der Waals surface area contributed by atoms with Gasteiger partial charge in [0.15, 0.2) is 0 Å². The fourth-order valence-corrected chi connectivity index (χ4v) is 5.42. The molecule has 3 aromatic rings. The Morgan fingerprint density at radius 2 is 2.03 bits per heavy atom. The van der Waals surface area contributed by atoms with Crippen molar-refractivity contribution in [2.24, 2.45) is 0 Å². The largest absolute Gasteiger partial charge is 0.381 e. The number of pyridine rings is 1. The number of aryl methyl sites for hydroxylation is 1. The van der Waals surface area contributed by atoms with Crippen molar-refractivity contribution in [2.75, 3.05) is 39.9 Å². The first kappa shape index (κ1) is 22.1. The number of carbonyl (C=O) groups excluding carboxylic acids is 1. The molecular formula is C25H33N5O3. The molecule has 8 nitrogen and oxygen atoms in total. The first-order valence-electron chi connectivity index (χ1n) is 12.1. The summed E-state index contributed by atoms with van der Waals surface area (Å²) in [5.41, 5.74) is 3.00. The lowest BCUT2D eigenvalue weighted by Crippen LogP contribution is -2.37. The molecule has 1 atom stereocenters. The second-order valence-electron chi connectivity index (χ2n) is 9.54. The van der Waals surface area contributed by atoms with Crippen LogP contribution in [-0.2, 0) is 4.74 Å². The average Bonchev–Trinajstić information content (AvgIpc) is 3.48. The van der Waals surface area contributed by atoms with Crippen molar-refractivity contribution in [1.82, 2.24) is 24.6 Å². The van der Waals surface area contributed by atoms with Crippen LogP contribution in [0.2, 0.25) is 0 Å². The molecule has 2 aromatic heterocycles. The van der Waals surface area contributed by atoms with E-state index in [-0.39, 0.29) is 17.5 Å². The summed E-state index contributed by atoms with van der Waals surface area (Å²) in [6.45, 7) is 8.09. The summed E-state index contributed by atoms with van der Waals surface area (Å²) in [7, 11) is 2.15. The van der Waals surface area contributed by atoms with Gasteiger partial charge in [-0.3, -0.25) is 14.3 Å². The zero-order chi connectivity index (χ0) is 23.1. The lowest BCUT2D eigenvalue weighted by Gasteiger charge is -2.24. The molecule has 0 spiro atoms. The molecule has 0 radical (unpaired) electrons. The van der Waals surface area contributed by atoms with Crippen LogP contribution in [0.15, 0.2) is 23.1 Å². The van der Waals surface area contributed by atoms with Gasteiger partial charge in [0.1, 0.15) is 0 Å². The molecule has 2 aliphatic rings. The number of likely N-dealkylation sites (N-methyl/N-ethyl adjacent to an activating group) is 1. The van der Waals surface area contributed by atoms with Gasteiger partial charge in [-0.1, -0.05) is 6.92 Å². The van der Waals surface area contributed by atoms with Crippen molar-refractivity contribution in [3.05, 3.63) is 39.8 Å². The highest BCUT2D eigenvalue weighted by Crippen LogP contribution is 2.30. The standard InChI is InChI=1S/C25H33N5O3/c1-4-8-28(3)18-5-9-29(15-18)25(32)19-13-20-22(12-16(19)2)27-24(31)21-14-26-30(23(20)21)17-6-10-33-11-7-17/h12-14,17-18H,4-11,15H2,1-3H3,(H,27,31)/t18-/m1/s1. The Balaban J connectivity index is 1.55. The second-order valence-corrected chi connectivity index (χ2v) is 9.54. The number of hydrogen-bond acceptors (Lipinski definition) is 5. The predicted octanol–water partition coefficient (Wildman–Crippen LogP) is 3.09. The van der Waals surface area contributed by atoms with E-state index >= 15 is 0 Å². The second kappa shape index (κ2) is 8.91. The number of H-pyrrole nitrogens is 1. The van der Waals surface area contributed by atoms with Crippen LogP contribution >= 0.6 is 0 Å². The van der Waals surface area contributed by atoms with E-state index in [1.54, 1.807) is 6.20 Å². The fourth-order valence-electron chi connectivity index (χ4n) is 5.42. The van der Waals surface area contributed by atoms with Gasteiger partial charge < -0.3 is 19.5 Å². The minimum Gasteiger partial charge on any atom is -0.381 e. The first-order valence-corrected chi connectivity index (χ1v) is 12.1. The number of carbonyl (C=O) groups is 1. The van der Waals surface area contributed by atoms with E-state index in [0.717, 1.165) is 67.3 Å². The molecule has 33 heavy (non-hydrogen) atoms. The number of fused-ring (bicyclic) bond motifs is 3. The maximum absolute atomic E-state index is 13.6. The molecular weight excluding hydrogens is 418 g/mol. The molecule has 0 unspecified atom stereocenters. The van der Waals surface area contributed by atoms with Crippen LogP contribution in [0.3, 0.4) is 0 Å². The van der Waals surface area contributed by atoms with Crippen molar-refractivity contribution >= 4 is 27.7 Å². The normalized spacial score (nSPS) is 19.9. The smallest absolute Gasteiger partial charge is 0.259 e. The molecule has 5 rings (SSSR count). The molecule has 8 heteroatoms. The Bertz CT molecular complexity index is 1240. The van der Waals surface area contributed by atoms with Crippen LogP contribution in [0.25, 0.3) is 21.8 Å². The van der Waals surface area contributed by atoms with Crippen molar-refractivity contribution in [3.8, 4) is 0 Å². The summed E-state index contributed by atoms with van der Waals surface area (Å²) in [4.78, 5) is 33.7. The van der Waals surface area contributed by atoms with Crippen LogP contribution in [0, 0.1) is 6.92 Å². The Hall–Kier alpha value is -2.71. The van der Waals surface area contributed by atoms with Gasteiger partial charge in [-0.2, -0.15) is 5.10 Å². The van der Waals surface area contributed by atoms with Crippen LogP contribution in [0.5, 0.6) is 0 Å². The fraction of sp³-hybridized carbons (Fsp3) is 0.560. The molecule has 4 heterocycles. The monoisotopic (exact) mass is 451 g/mol. The maximum Gasteiger partial charge on any atom is 0.259 e. The van der Waals surface area contributed by atoms with E-state index in [2.05, 4.69) is 29.0 Å². The number of benzene rings is 1. The zero-order valence-corrected chi connectivity index (χ0v) is 19.8. The molecule has 2 saturated heterocycles. The molecule has 0 saturated carbocycles. The number of aromatic amines is 1. The first-order chi connectivity index (χ1) is 16.0. The number of ether oxygens (including phenoxy) is 1. The van der Waals surface area contributed by atoms with E-state index < -0.39 is 0 Å². The Morgan fingerprint density at radius 1 is 1.24 bits per heavy atom. The highest BCUT2D eigenvalue weighted by atomic mass is 16.5. The molecule has 2 fully saturated rings. The number of aromatic nitrogens is 3. The molecule has 0 aliphatic carbocycles. The van der Waals surface area contributed by atoms with Crippen molar-refractivity contribution in [1.29, 1.82) is 0 Å². The van der Waals surface area contributed by atoms with Crippen LogP contribution < -0.4 is 5.56 Å². The number of amides is 1. The van der Waals surface area contributed by atoms with Crippen molar-refractivity contribution in [2.45, 2.75) is 51.6 Å². The number of rotatable bonds is 5. The van der Waals surface area contributed by atoms with Gasteiger partial charge in [0.25, 0.3) is 11.5 Å². The summed E-state index contributed by atoms with van der Waals surface area (Å²) in [6, 6.07) is 4.50. The highest BCUT2D eigenvalue weighted by molar-refractivity contribution is 6.07. The predicted molar refractivity (Wildman–Crippen MR) is 129 cm³/mol. The van der Waals surface area contributed by atoms with Crippen LogP contribution in [0.4, 0.5) is 0 Å². The quantitative estimate of drug-likeness (QED) is 0.645. The Labute approximate surface area is 193 Å². The summed E-state index contributed by atoms with van der Waals surface area (Å²) in [5, 5.41) is 6.04. The maximum atomic E-state index is 13.6. The molecule has 1 aromatic carbocycles. The van der Waals surface area contributed by atoms with Gasteiger partial charge >= 0.3 is 0 Å². The highest BCUT2D eigenvalue weighted by Gasteiger charge is 2.30.